The molecule has 44 valence electrons. The Labute approximate surface area is 57.7 Å². The summed E-state index contributed by atoms with van der Waals surface area (Å²) in [4.78, 5) is 9.94. The minimum Gasteiger partial charge on any atom is -0.147 e. The third-order valence-electron chi connectivity index (χ3n) is 0.449. The van der Waals surface area contributed by atoms with Gasteiger partial charge < -0.3 is 0 Å². The first-order chi connectivity index (χ1) is 2.64. The van der Waals surface area contributed by atoms with Crippen LogP contribution in [0.4, 0.5) is 0 Å². The summed E-state index contributed by atoms with van der Waals surface area (Å²) in [6.45, 7) is 1.79. The number of carbonyl (C=O) groups is 1. The monoisotopic (exact) mass is 185 g/mol. The summed E-state index contributed by atoms with van der Waals surface area (Å²) in [6.07, 6.45) is 0. The van der Waals surface area contributed by atoms with E-state index >= 15 is 0 Å². The topological polar surface area (TPSA) is 43.1 Å². The summed E-state index contributed by atoms with van der Waals surface area (Å²) in [5, 5.41) is 0. The van der Waals surface area contributed by atoms with Gasteiger partial charge in [0.05, 0.1) is 0 Å². The van der Waals surface area contributed by atoms with E-state index in [1.807, 2.05) is 0 Å². The van der Waals surface area contributed by atoms with Gasteiger partial charge in [0.2, 0.25) is 0 Å². The van der Waals surface area contributed by atoms with E-state index in [1.165, 1.54) is 16.9 Å². The average Bonchev–Trinajstić information content (AvgIpc) is 1.36. The molecule has 4 heteroatoms. The molecule has 0 bridgehead atoms. The molecule has 0 aromatic rings. The molecule has 1 amide bonds. The molecule has 0 aromatic heterocycles. The van der Waals surface area contributed by atoms with Crippen LogP contribution in [0.5, 0.6) is 0 Å². The van der Waals surface area contributed by atoms with Crippen molar-refractivity contribution in [2.75, 3.05) is 0 Å². The molecule has 0 aliphatic heterocycles. The van der Waals surface area contributed by atoms with Crippen LogP contribution in [0.2, 0.25) is 4.71 Å². The van der Waals surface area contributed by atoms with Crippen LogP contribution in [-0.2, 0) is 4.79 Å². The van der Waals surface area contributed by atoms with E-state index in [0.717, 1.165) is 0 Å². The predicted octanol–water partition coefficient (Wildman–Crippen LogP) is -0.665. The molecule has 0 saturated carbocycles. The summed E-state index contributed by atoms with van der Waals surface area (Å²) in [6, 6.07) is 0. The van der Waals surface area contributed by atoms with Crippen LogP contribution in [0.15, 0.2) is 0 Å². The first kappa shape index (κ1) is 10.3. The maximum absolute atomic E-state index is 9.94. The molecule has 0 aliphatic carbocycles. The number of halogens is 1. The van der Waals surface area contributed by atoms with Crippen LogP contribution in [0, 0.1) is 0 Å². The smallest absolute Gasteiger partial charge is 0.147 e. The van der Waals surface area contributed by atoms with Crippen molar-refractivity contribution in [3.05, 3.63) is 0 Å². The number of amides is 1. The van der Waals surface area contributed by atoms with Crippen molar-refractivity contribution in [2.24, 2.45) is 5.73 Å². The van der Waals surface area contributed by atoms with Crippen molar-refractivity contribution < 1.29 is 4.79 Å². The summed E-state index contributed by atoms with van der Waals surface area (Å²) in [7, 11) is 0. The third kappa shape index (κ3) is 6.32. The molecule has 0 aliphatic rings. The standard InChI is InChI=1S/C3H8AsNO.ClH/c1-2(4)3(5)6;/h2H,4H2,1H3,(H2,5,6);1H/t2-;/m0./s1. The van der Waals surface area contributed by atoms with Gasteiger partial charge in [-0.15, -0.1) is 12.4 Å². The van der Waals surface area contributed by atoms with Gasteiger partial charge in [0.25, 0.3) is 0 Å². The van der Waals surface area contributed by atoms with E-state index in [0.29, 0.717) is 0 Å². The Morgan fingerprint density at radius 2 is 2.00 bits per heavy atom. The maximum atomic E-state index is 9.94. The molecule has 1 unspecified atom stereocenters. The van der Waals surface area contributed by atoms with Crippen LogP contribution in [0.3, 0.4) is 0 Å². The average molecular weight is 185 g/mol. The Morgan fingerprint density at radius 1 is 1.86 bits per heavy atom. The van der Waals surface area contributed by atoms with E-state index in [4.69, 9.17) is 5.73 Å². The Balaban J connectivity index is 0. The molecule has 0 rings (SSSR count). The van der Waals surface area contributed by atoms with Crippen LogP contribution in [0.25, 0.3) is 0 Å². The Morgan fingerprint density at radius 3 is 2.00 bits per heavy atom. The second-order valence-electron chi connectivity index (χ2n) is 1.19. The summed E-state index contributed by atoms with van der Waals surface area (Å²) >= 11 is 1.37. The van der Waals surface area contributed by atoms with Gasteiger partial charge in [0.1, 0.15) is 0 Å². The Hall–Kier alpha value is 0.318. The SMILES string of the molecule is C[C@H]([AsH2])C(N)=O.Cl. The fraction of sp³-hybridized carbons (Fsp3) is 0.667. The van der Waals surface area contributed by atoms with Crippen LogP contribution >= 0.6 is 12.4 Å². The van der Waals surface area contributed by atoms with Gasteiger partial charge in [0, 0.05) is 0 Å². The number of rotatable bonds is 1. The number of carbonyl (C=O) groups excluding carboxylic acids is 1. The molecule has 2 nitrogen and oxygen atoms in total. The molecule has 0 radical (unpaired) electrons. The third-order valence-corrected chi connectivity index (χ3v) is 1.14. The van der Waals surface area contributed by atoms with Gasteiger partial charge in [-0.2, -0.15) is 0 Å². The van der Waals surface area contributed by atoms with E-state index in [-0.39, 0.29) is 23.0 Å². The fourth-order valence-corrected chi connectivity index (χ4v) is 0. The minimum atomic E-state index is -0.213. The van der Waals surface area contributed by atoms with Gasteiger partial charge in [0.15, 0.2) is 0 Å². The molecule has 2 N–H and O–H groups in total. The van der Waals surface area contributed by atoms with Crippen molar-refractivity contribution in [3.63, 3.8) is 0 Å². The van der Waals surface area contributed by atoms with Crippen molar-refractivity contribution >= 4 is 35.2 Å². The van der Waals surface area contributed by atoms with Gasteiger partial charge in [-0.25, -0.2) is 0 Å². The Bertz CT molecular complexity index is 66.0. The zero-order valence-corrected chi connectivity index (χ0v) is 7.29. The van der Waals surface area contributed by atoms with Gasteiger partial charge in [-0.3, -0.25) is 0 Å². The number of nitrogens with two attached hydrogens (primary N) is 1. The molecule has 0 saturated heterocycles. The fourth-order valence-electron chi connectivity index (χ4n) is 0. The first-order valence-corrected chi connectivity index (χ1v) is 3.09. The normalized spacial score (nSPS) is 11.7. The molecule has 2 atom stereocenters. The molecule has 0 spiro atoms. The number of primary amides is 1. The maximum Gasteiger partial charge on any atom is -0.147 e. The predicted molar refractivity (Wildman–Crippen MR) is 34.4 cm³/mol. The van der Waals surface area contributed by atoms with Gasteiger partial charge in [-0.05, 0) is 0 Å². The van der Waals surface area contributed by atoms with Crippen LogP contribution in [0.1, 0.15) is 6.92 Å². The van der Waals surface area contributed by atoms with Crippen LogP contribution in [-0.4, -0.2) is 22.8 Å². The Kier molecular flexibility index (Phi) is 6.61. The van der Waals surface area contributed by atoms with E-state index in [2.05, 4.69) is 0 Å². The summed E-state index contributed by atoms with van der Waals surface area (Å²) in [5.41, 5.74) is 4.81. The van der Waals surface area contributed by atoms with Gasteiger partial charge in [-0.1, -0.05) is 0 Å². The van der Waals surface area contributed by atoms with Crippen molar-refractivity contribution in [3.8, 4) is 0 Å². The van der Waals surface area contributed by atoms with Crippen molar-refractivity contribution in [2.45, 2.75) is 11.6 Å². The van der Waals surface area contributed by atoms with E-state index < -0.39 is 0 Å². The quantitative estimate of drug-likeness (QED) is 0.542. The second kappa shape index (κ2) is 4.48. The van der Waals surface area contributed by atoms with Crippen molar-refractivity contribution in [1.29, 1.82) is 0 Å². The van der Waals surface area contributed by atoms with Crippen LogP contribution < -0.4 is 5.73 Å². The molecule has 0 fully saturated rings. The molecular formula is C3H9AsClNO. The summed E-state index contributed by atoms with van der Waals surface area (Å²) in [5.74, 6) is -0.213. The van der Waals surface area contributed by atoms with Gasteiger partial charge >= 0.3 is 44.9 Å². The zero-order valence-electron chi connectivity index (χ0n) is 4.05. The molecule has 0 aromatic carbocycles. The van der Waals surface area contributed by atoms with E-state index in [9.17, 15) is 4.79 Å². The number of hydrogen-bond donors (Lipinski definition) is 1. The second-order valence-corrected chi connectivity index (χ2v) is 3.29. The molecule has 0 heterocycles. The minimum absolute atomic E-state index is 0. The number of hydrogen-bond acceptors (Lipinski definition) is 1. The molecular weight excluding hydrogens is 176 g/mol. The summed E-state index contributed by atoms with van der Waals surface area (Å²) < 4.78 is 0.0532. The van der Waals surface area contributed by atoms with E-state index in [1.54, 1.807) is 6.92 Å². The molecule has 7 heavy (non-hydrogen) atoms. The zero-order chi connectivity index (χ0) is 5.15. The van der Waals surface area contributed by atoms with Crippen molar-refractivity contribution in [1.82, 2.24) is 0 Å². The first-order valence-electron chi connectivity index (χ1n) is 1.69. The largest absolute Gasteiger partial charge is 0.147 e.